The quantitative estimate of drug-likeness (QED) is 0.789. The number of amides is 1. The maximum atomic E-state index is 12.3. The Bertz CT molecular complexity index is 721. The molecule has 1 aromatic carbocycles. The number of aromatic nitrogens is 2. The van der Waals surface area contributed by atoms with Crippen LogP contribution in [0, 0.1) is 0 Å². The van der Waals surface area contributed by atoms with Gasteiger partial charge in [0.25, 0.3) is 5.91 Å². The fourth-order valence-corrected chi connectivity index (χ4v) is 2.19. The van der Waals surface area contributed by atoms with Gasteiger partial charge in [-0.1, -0.05) is 0 Å². The molecule has 0 radical (unpaired) electrons. The lowest BCUT2D eigenvalue weighted by Crippen LogP contribution is -2.30. The summed E-state index contributed by atoms with van der Waals surface area (Å²) in [7, 11) is 2.98. The number of aliphatic carboxylic acids is 1. The molecule has 0 aliphatic carbocycles. The monoisotopic (exact) mass is 331 g/mol. The highest BCUT2D eigenvalue weighted by atomic mass is 16.5. The molecule has 0 fully saturated rings. The minimum absolute atomic E-state index is 0.285. The van der Waals surface area contributed by atoms with Crippen LogP contribution in [0.3, 0.4) is 0 Å². The Balaban J connectivity index is 2.31. The predicted molar refractivity (Wildman–Crippen MR) is 84.0 cm³/mol. The molecule has 126 valence electrons. The summed E-state index contributed by atoms with van der Waals surface area (Å²) in [6.45, 7) is 0. The fourth-order valence-electron chi connectivity index (χ4n) is 2.19. The molecule has 8 nitrogen and oxygen atoms in total. The van der Waals surface area contributed by atoms with Crippen LogP contribution in [-0.4, -0.2) is 41.4 Å². The molecule has 0 saturated heterocycles. The van der Waals surface area contributed by atoms with Gasteiger partial charge in [-0.2, -0.15) is 10.2 Å². The second-order valence-corrected chi connectivity index (χ2v) is 4.86. The summed E-state index contributed by atoms with van der Waals surface area (Å²) < 4.78 is 10.4. The molecular formula is C16H17N3O5. The van der Waals surface area contributed by atoms with E-state index in [9.17, 15) is 9.59 Å². The van der Waals surface area contributed by atoms with Gasteiger partial charge >= 0.3 is 5.97 Å². The van der Waals surface area contributed by atoms with Gasteiger partial charge in [-0.15, -0.1) is 0 Å². The third-order valence-electron chi connectivity index (χ3n) is 3.35. The van der Waals surface area contributed by atoms with E-state index in [1.54, 1.807) is 18.2 Å². The first-order valence-corrected chi connectivity index (χ1v) is 7.06. The number of carbonyl (C=O) groups is 2. The van der Waals surface area contributed by atoms with Crippen LogP contribution in [0.15, 0.2) is 36.7 Å². The van der Waals surface area contributed by atoms with Crippen LogP contribution >= 0.6 is 0 Å². The van der Waals surface area contributed by atoms with Crippen LogP contribution in [0.1, 0.15) is 28.4 Å². The third-order valence-corrected chi connectivity index (χ3v) is 3.35. The number of hydrogen-bond donors (Lipinski definition) is 2. The van der Waals surface area contributed by atoms with Crippen molar-refractivity contribution in [3.05, 3.63) is 47.8 Å². The standard InChI is InChI=1S/C16H17N3O5/c1-23-11-3-4-12(14(7-11)24-2)13(8-15(20)21)19-16(22)10-5-6-17-18-9-10/h3-7,9,13H,8H2,1-2H3,(H,19,22)(H,20,21). The van der Waals surface area contributed by atoms with Crippen molar-refractivity contribution in [3.8, 4) is 11.5 Å². The lowest BCUT2D eigenvalue weighted by atomic mass is 10.0. The van der Waals surface area contributed by atoms with Crippen LogP contribution in [0.4, 0.5) is 0 Å². The van der Waals surface area contributed by atoms with E-state index >= 15 is 0 Å². The number of benzene rings is 1. The van der Waals surface area contributed by atoms with Crippen molar-refractivity contribution >= 4 is 11.9 Å². The minimum atomic E-state index is -1.05. The molecule has 1 unspecified atom stereocenters. The molecule has 0 bridgehead atoms. The Morgan fingerprint density at radius 3 is 2.58 bits per heavy atom. The molecule has 1 atom stereocenters. The summed E-state index contributed by atoms with van der Waals surface area (Å²) >= 11 is 0. The molecule has 2 aromatic rings. The van der Waals surface area contributed by atoms with E-state index < -0.39 is 17.9 Å². The Hall–Kier alpha value is -3.16. The summed E-state index contributed by atoms with van der Waals surface area (Å²) in [5.74, 6) is -0.511. The van der Waals surface area contributed by atoms with Gasteiger partial charge in [0.05, 0.1) is 44.6 Å². The van der Waals surface area contributed by atoms with Crippen molar-refractivity contribution in [1.82, 2.24) is 15.5 Å². The van der Waals surface area contributed by atoms with Crippen molar-refractivity contribution in [2.45, 2.75) is 12.5 Å². The zero-order valence-corrected chi connectivity index (χ0v) is 13.2. The van der Waals surface area contributed by atoms with E-state index in [-0.39, 0.29) is 12.0 Å². The van der Waals surface area contributed by atoms with Gasteiger partial charge in [-0.25, -0.2) is 0 Å². The second-order valence-electron chi connectivity index (χ2n) is 4.86. The first-order valence-electron chi connectivity index (χ1n) is 7.06. The smallest absolute Gasteiger partial charge is 0.305 e. The van der Waals surface area contributed by atoms with Gasteiger partial charge in [-0.3, -0.25) is 9.59 Å². The van der Waals surface area contributed by atoms with Crippen LogP contribution in [-0.2, 0) is 4.79 Å². The average molecular weight is 331 g/mol. The molecule has 8 heteroatoms. The number of nitrogens with one attached hydrogen (secondary N) is 1. The second kappa shape index (κ2) is 7.91. The van der Waals surface area contributed by atoms with E-state index in [1.807, 2.05) is 0 Å². The zero-order valence-electron chi connectivity index (χ0n) is 13.2. The Kier molecular flexibility index (Phi) is 5.67. The zero-order chi connectivity index (χ0) is 17.5. The number of rotatable bonds is 7. The lowest BCUT2D eigenvalue weighted by molar-refractivity contribution is -0.137. The molecule has 1 heterocycles. The first kappa shape index (κ1) is 17.2. The first-order chi connectivity index (χ1) is 11.5. The molecule has 0 spiro atoms. The Morgan fingerprint density at radius 2 is 2.00 bits per heavy atom. The number of ether oxygens (including phenoxy) is 2. The largest absolute Gasteiger partial charge is 0.497 e. The van der Waals surface area contributed by atoms with Crippen LogP contribution in [0.25, 0.3) is 0 Å². The molecule has 0 aliphatic rings. The van der Waals surface area contributed by atoms with Gasteiger partial charge in [-0.05, 0) is 18.2 Å². The molecule has 1 aromatic heterocycles. The number of carboxylic acids is 1. The van der Waals surface area contributed by atoms with E-state index in [4.69, 9.17) is 14.6 Å². The van der Waals surface area contributed by atoms with E-state index in [2.05, 4.69) is 15.5 Å². The lowest BCUT2D eigenvalue weighted by Gasteiger charge is -2.20. The third kappa shape index (κ3) is 4.19. The summed E-state index contributed by atoms with van der Waals surface area (Å²) in [6.07, 6.45) is 2.39. The maximum Gasteiger partial charge on any atom is 0.305 e. The Labute approximate surface area is 138 Å². The fraction of sp³-hybridized carbons (Fsp3) is 0.250. The number of methoxy groups -OCH3 is 2. The molecule has 24 heavy (non-hydrogen) atoms. The number of hydrogen-bond acceptors (Lipinski definition) is 6. The van der Waals surface area contributed by atoms with Crippen molar-refractivity contribution in [3.63, 3.8) is 0 Å². The van der Waals surface area contributed by atoms with Gasteiger partial charge in [0, 0.05) is 11.6 Å². The molecular weight excluding hydrogens is 314 g/mol. The summed E-state index contributed by atoms with van der Waals surface area (Å²) in [5.41, 5.74) is 0.823. The van der Waals surface area contributed by atoms with E-state index in [0.29, 0.717) is 17.1 Å². The predicted octanol–water partition coefficient (Wildman–Crippen LogP) is 1.44. The number of nitrogens with zero attached hydrogens (tertiary/aromatic N) is 2. The van der Waals surface area contributed by atoms with Gasteiger partial charge in [0.1, 0.15) is 11.5 Å². The summed E-state index contributed by atoms with van der Waals surface area (Å²) in [4.78, 5) is 23.5. The van der Waals surface area contributed by atoms with Crippen molar-refractivity contribution in [2.75, 3.05) is 14.2 Å². The molecule has 2 N–H and O–H groups in total. The highest BCUT2D eigenvalue weighted by Crippen LogP contribution is 2.31. The van der Waals surface area contributed by atoms with Crippen LogP contribution < -0.4 is 14.8 Å². The van der Waals surface area contributed by atoms with E-state index in [0.717, 1.165) is 0 Å². The average Bonchev–Trinajstić information content (AvgIpc) is 2.60. The maximum absolute atomic E-state index is 12.3. The molecule has 0 aliphatic heterocycles. The summed E-state index contributed by atoms with van der Waals surface area (Å²) in [6, 6.07) is 5.68. The summed E-state index contributed by atoms with van der Waals surface area (Å²) in [5, 5.41) is 19.1. The number of carbonyl (C=O) groups excluding carboxylic acids is 1. The molecule has 2 rings (SSSR count). The van der Waals surface area contributed by atoms with Crippen molar-refractivity contribution < 1.29 is 24.2 Å². The highest BCUT2D eigenvalue weighted by molar-refractivity contribution is 5.94. The van der Waals surface area contributed by atoms with Gasteiger partial charge in [0.15, 0.2) is 0 Å². The van der Waals surface area contributed by atoms with Crippen LogP contribution in [0.5, 0.6) is 11.5 Å². The minimum Gasteiger partial charge on any atom is -0.497 e. The normalized spacial score (nSPS) is 11.4. The topological polar surface area (TPSA) is 111 Å². The number of carboxylic acid groups (broad SMARTS) is 1. The Morgan fingerprint density at radius 1 is 1.21 bits per heavy atom. The molecule has 0 saturated carbocycles. The van der Waals surface area contributed by atoms with Crippen molar-refractivity contribution in [2.24, 2.45) is 0 Å². The van der Waals surface area contributed by atoms with Gasteiger partial charge in [0.2, 0.25) is 0 Å². The SMILES string of the molecule is COc1ccc(C(CC(=O)O)NC(=O)c2ccnnc2)c(OC)c1. The molecule has 1 amide bonds. The van der Waals surface area contributed by atoms with Crippen molar-refractivity contribution in [1.29, 1.82) is 0 Å². The highest BCUT2D eigenvalue weighted by Gasteiger charge is 2.22. The van der Waals surface area contributed by atoms with Crippen LogP contribution in [0.2, 0.25) is 0 Å². The van der Waals surface area contributed by atoms with E-state index in [1.165, 1.54) is 32.7 Å². The van der Waals surface area contributed by atoms with Gasteiger partial charge < -0.3 is 19.9 Å².